The summed E-state index contributed by atoms with van der Waals surface area (Å²) in [7, 11) is 0. The number of carbonyl (C=O) groups is 4. The number of hydrogen-bond donors (Lipinski definition) is 6. The summed E-state index contributed by atoms with van der Waals surface area (Å²) in [5.74, 6) is -0.125. The summed E-state index contributed by atoms with van der Waals surface area (Å²) in [5.41, 5.74) is 4.95. The molecule has 1 saturated heterocycles. The molecule has 14 heteroatoms. The van der Waals surface area contributed by atoms with Crippen molar-refractivity contribution in [1.82, 2.24) is 40.8 Å². The van der Waals surface area contributed by atoms with E-state index < -0.39 is 47.1 Å². The molecule has 1 aromatic heterocycles. The number of amides is 5. The molecule has 0 unspecified atom stereocenters. The van der Waals surface area contributed by atoms with Gasteiger partial charge in [-0.1, -0.05) is 98.7 Å². The number of aliphatic hydroxyl groups is 1. The van der Waals surface area contributed by atoms with Crippen LogP contribution in [-0.4, -0.2) is 109 Å². The van der Waals surface area contributed by atoms with Gasteiger partial charge in [-0.3, -0.25) is 15.0 Å². The van der Waals surface area contributed by atoms with Crippen LogP contribution in [0.3, 0.4) is 0 Å². The highest BCUT2D eigenvalue weighted by atomic mass is 16.4. The Morgan fingerprint density at radius 1 is 0.909 bits per heavy atom. The molecule has 5 amide bonds. The van der Waals surface area contributed by atoms with Crippen LogP contribution >= 0.6 is 0 Å². The maximum atomic E-state index is 14.5. The first-order valence-corrected chi connectivity index (χ1v) is 19.1. The number of fused-ring (bicyclic) bond motifs is 1. The predicted molar refractivity (Wildman–Crippen MR) is 213 cm³/mol. The third kappa shape index (κ3) is 12.1. The fourth-order valence-electron chi connectivity index (χ4n) is 6.94. The summed E-state index contributed by atoms with van der Waals surface area (Å²) in [6.07, 6.45) is -1.55. The van der Waals surface area contributed by atoms with Crippen molar-refractivity contribution in [2.24, 2.45) is 16.2 Å². The Morgan fingerprint density at radius 3 is 2.18 bits per heavy atom. The van der Waals surface area contributed by atoms with E-state index in [4.69, 9.17) is 0 Å². The van der Waals surface area contributed by atoms with E-state index in [1.165, 1.54) is 0 Å². The number of imidazole rings is 1. The minimum absolute atomic E-state index is 0.0552. The number of benzene rings is 2. The van der Waals surface area contributed by atoms with Crippen LogP contribution in [0.4, 0.5) is 9.59 Å². The maximum Gasteiger partial charge on any atom is 0.405 e. The van der Waals surface area contributed by atoms with E-state index in [1.807, 2.05) is 76.2 Å². The second kappa shape index (κ2) is 17.4. The average Bonchev–Trinajstić information content (AvgIpc) is 3.61. The SMILES string of the molecule is Cc1nc2ccc(CN3CCN([C@H](C(=O)N[C@@H](Cc4ccccc4)[C@@H](O)CN(CCC(C)(C)C)NC(=O)[C@@H](NC(=O)O)C(C)(C)C)C(C)(C)C)C3=O)cc2[nH]1. The highest BCUT2D eigenvalue weighted by Crippen LogP contribution is 2.29. The standard InChI is InChI=1S/C41H62N8O6/c1-26-42-29-17-16-28(23-30(29)43-26)24-47-20-21-49(38(47)55)34(41(8,9)10)36(52)44-31(22-27-14-12-11-13-15-27)32(50)25-48(19-18-39(2,3)4)46-35(51)33(40(5,6)7)45-37(53)54/h11-17,23,31-34,45,50H,18-22,24-25H2,1-10H3,(H,42,43)(H,44,52)(H,46,51)(H,53,54)/t31-,32-,33+,34+/m0/s1. The molecular formula is C41H62N8O6. The van der Waals surface area contributed by atoms with Crippen LogP contribution in [-0.2, 0) is 22.6 Å². The highest BCUT2D eigenvalue weighted by Gasteiger charge is 2.44. The van der Waals surface area contributed by atoms with Gasteiger partial charge in [-0.15, -0.1) is 0 Å². The first kappa shape index (κ1) is 43.0. The predicted octanol–water partition coefficient (Wildman–Crippen LogP) is 5.06. The number of nitrogens with one attached hydrogen (secondary N) is 4. The summed E-state index contributed by atoms with van der Waals surface area (Å²) in [6.45, 7) is 20.7. The molecule has 0 aliphatic carbocycles. The van der Waals surface area contributed by atoms with Gasteiger partial charge in [0.15, 0.2) is 0 Å². The second-order valence-electron chi connectivity index (χ2n) is 18.2. The Morgan fingerprint density at radius 2 is 1.58 bits per heavy atom. The number of nitrogens with zero attached hydrogens (tertiary/aromatic N) is 4. The number of carbonyl (C=O) groups excluding carboxylic acids is 3. The molecule has 0 bridgehead atoms. The topological polar surface area (TPSA) is 183 Å². The van der Waals surface area contributed by atoms with Crippen LogP contribution in [0.2, 0.25) is 0 Å². The number of urea groups is 1. The lowest BCUT2D eigenvalue weighted by Gasteiger charge is -2.38. The summed E-state index contributed by atoms with van der Waals surface area (Å²) in [6, 6.07) is 12.4. The lowest BCUT2D eigenvalue weighted by Crippen LogP contribution is -2.61. The molecule has 1 fully saturated rings. The molecular weight excluding hydrogens is 701 g/mol. The second-order valence-corrected chi connectivity index (χ2v) is 18.2. The number of rotatable bonds is 15. The molecule has 0 saturated carbocycles. The van der Waals surface area contributed by atoms with Crippen LogP contribution in [0.15, 0.2) is 48.5 Å². The molecule has 14 nitrogen and oxygen atoms in total. The molecule has 6 N–H and O–H groups in total. The van der Waals surface area contributed by atoms with Gasteiger partial charge in [0, 0.05) is 32.7 Å². The molecule has 0 radical (unpaired) electrons. The maximum absolute atomic E-state index is 14.5. The summed E-state index contributed by atoms with van der Waals surface area (Å²) in [4.78, 5) is 64.7. The van der Waals surface area contributed by atoms with Gasteiger partial charge in [0.1, 0.15) is 17.9 Å². The smallest absolute Gasteiger partial charge is 0.405 e. The van der Waals surface area contributed by atoms with Crippen molar-refractivity contribution < 1.29 is 29.4 Å². The van der Waals surface area contributed by atoms with Gasteiger partial charge >= 0.3 is 12.1 Å². The van der Waals surface area contributed by atoms with Gasteiger partial charge in [0.05, 0.1) is 23.2 Å². The zero-order valence-electron chi connectivity index (χ0n) is 34.2. The van der Waals surface area contributed by atoms with Gasteiger partial charge in [0.2, 0.25) is 5.91 Å². The third-order valence-corrected chi connectivity index (χ3v) is 9.84. The Labute approximate surface area is 325 Å². The van der Waals surface area contributed by atoms with Gasteiger partial charge in [-0.25, -0.2) is 19.6 Å². The van der Waals surface area contributed by atoms with E-state index in [2.05, 4.69) is 46.8 Å². The normalized spacial score (nSPS) is 16.3. The summed E-state index contributed by atoms with van der Waals surface area (Å²) >= 11 is 0. The molecule has 4 atom stereocenters. The number of hydrazine groups is 1. The van der Waals surface area contributed by atoms with Crippen molar-refractivity contribution in [3.63, 3.8) is 0 Å². The van der Waals surface area contributed by atoms with Gasteiger partial charge in [0.25, 0.3) is 5.91 Å². The Balaban J connectivity index is 1.57. The van der Waals surface area contributed by atoms with Crippen LogP contribution in [0.25, 0.3) is 11.0 Å². The minimum Gasteiger partial charge on any atom is -0.465 e. The van der Waals surface area contributed by atoms with E-state index in [9.17, 15) is 29.4 Å². The number of aromatic amines is 1. The Bertz CT molecular complexity index is 1790. The Hall–Kier alpha value is -4.69. The number of aliphatic hydroxyl groups excluding tert-OH is 1. The lowest BCUT2D eigenvalue weighted by molar-refractivity contribution is -0.133. The fourth-order valence-corrected chi connectivity index (χ4v) is 6.94. The van der Waals surface area contributed by atoms with Gasteiger partial charge in [-0.2, -0.15) is 0 Å². The number of H-pyrrole nitrogens is 1. The molecule has 55 heavy (non-hydrogen) atoms. The average molecular weight is 763 g/mol. The Kier molecular flexibility index (Phi) is 13.6. The van der Waals surface area contributed by atoms with E-state index in [0.29, 0.717) is 32.6 Å². The lowest BCUT2D eigenvalue weighted by atomic mass is 9.84. The van der Waals surface area contributed by atoms with Crippen molar-refractivity contribution in [2.75, 3.05) is 26.2 Å². The summed E-state index contributed by atoms with van der Waals surface area (Å²) < 4.78 is 0. The largest absolute Gasteiger partial charge is 0.465 e. The zero-order valence-corrected chi connectivity index (χ0v) is 34.2. The van der Waals surface area contributed by atoms with Crippen molar-refractivity contribution in [3.05, 3.63) is 65.5 Å². The van der Waals surface area contributed by atoms with Crippen molar-refractivity contribution >= 4 is 35.0 Å². The first-order chi connectivity index (χ1) is 25.5. The van der Waals surface area contributed by atoms with E-state index in [0.717, 1.165) is 28.0 Å². The van der Waals surface area contributed by atoms with Crippen molar-refractivity contribution in [2.45, 2.75) is 113 Å². The van der Waals surface area contributed by atoms with E-state index >= 15 is 0 Å². The number of aromatic nitrogens is 2. The molecule has 4 rings (SSSR count). The fraction of sp³-hybridized carbons (Fsp3) is 0.585. The van der Waals surface area contributed by atoms with E-state index in [-0.39, 0.29) is 30.3 Å². The number of carboxylic acid groups (broad SMARTS) is 1. The molecule has 2 heterocycles. The molecule has 1 aliphatic rings. The zero-order chi connectivity index (χ0) is 40.9. The van der Waals surface area contributed by atoms with Crippen LogP contribution < -0.4 is 16.1 Å². The van der Waals surface area contributed by atoms with E-state index in [1.54, 1.807) is 35.6 Å². The molecule has 302 valence electrons. The number of hydrogen-bond acceptors (Lipinski definition) is 7. The van der Waals surface area contributed by atoms with Gasteiger partial charge < -0.3 is 35.6 Å². The monoisotopic (exact) mass is 762 g/mol. The quantitative estimate of drug-likeness (QED) is 0.116. The minimum atomic E-state index is -1.32. The summed E-state index contributed by atoms with van der Waals surface area (Å²) in [5, 5.41) is 28.5. The molecule has 3 aromatic rings. The van der Waals surface area contributed by atoms with Crippen molar-refractivity contribution in [1.29, 1.82) is 0 Å². The van der Waals surface area contributed by atoms with Gasteiger partial charge in [-0.05, 0) is 59.3 Å². The third-order valence-electron chi connectivity index (χ3n) is 9.84. The highest BCUT2D eigenvalue weighted by molar-refractivity contribution is 5.89. The number of aryl methyl sites for hydroxylation is 1. The van der Waals surface area contributed by atoms with Crippen LogP contribution in [0.5, 0.6) is 0 Å². The molecule has 0 spiro atoms. The van der Waals surface area contributed by atoms with Crippen LogP contribution in [0.1, 0.15) is 85.7 Å². The molecule has 2 aromatic carbocycles. The van der Waals surface area contributed by atoms with Crippen molar-refractivity contribution in [3.8, 4) is 0 Å². The first-order valence-electron chi connectivity index (χ1n) is 19.1. The van der Waals surface area contributed by atoms with Crippen LogP contribution in [0, 0.1) is 23.2 Å². The molecule has 1 aliphatic heterocycles.